The Kier molecular flexibility index (Phi) is 5.76. The quantitative estimate of drug-likeness (QED) is 0.512. The van der Waals surface area contributed by atoms with Crippen LogP contribution < -0.4 is 5.73 Å². The van der Waals surface area contributed by atoms with E-state index in [1.165, 1.54) is 6.07 Å². The van der Waals surface area contributed by atoms with Crippen LogP contribution in [0.3, 0.4) is 0 Å². The minimum Gasteiger partial charge on any atom is -0.465 e. The van der Waals surface area contributed by atoms with E-state index < -0.39 is 11.0 Å². The first-order valence-corrected chi connectivity index (χ1v) is 6.16. The van der Waals surface area contributed by atoms with Crippen molar-refractivity contribution in [2.75, 3.05) is 0 Å². The van der Waals surface area contributed by atoms with Gasteiger partial charge in [0.15, 0.2) is 5.78 Å². The lowest BCUT2D eigenvalue weighted by atomic mass is 9.99. The van der Waals surface area contributed by atoms with Gasteiger partial charge in [-0.2, -0.15) is 0 Å². The van der Waals surface area contributed by atoms with Crippen LogP contribution in [0.15, 0.2) is 48.5 Å². The van der Waals surface area contributed by atoms with Gasteiger partial charge in [-0.05, 0) is 13.0 Å². The third-order valence-corrected chi connectivity index (χ3v) is 2.70. The maximum absolute atomic E-state index is 12.2. The van der Waals surface area contributed by atoms with Crippen LogP contribution in [0.4, 0.5) is 10.5 Å². The lowest BCUT2D eigenvalue weighted by Gasteiger charge is -2.04. The number of ketones is 1. The van der Waals surface area contributed by atoms with Gasteiger partial charge >= 0.3 is 6.09 Å². The summed E-state index contributed by atoms with van der Waals surface area (Å²) >= 11 is 0. The Bertz CT molecular complexity index is 694. The second kappa shape index (κ2) is 7.53. The number of aryl methyl sites for hydroxylation is 1. The van der Waals surface area contributed by atoms with Gasteiger partial charge < -0.3 is 10.8 Å². The number of nitro benzene ring substituents is 1. The minimum atomic E-state index is -1.33. The SMILES string of the molecule is Cc1cccc(C(=O)c2ccccc2)c1[N+](=O)[O-].NC(=O)O. The lowest BCUT2D eigenvalue weighted by Crippen LogP contribution is -2.06. The van der Waals surface area contributed by atoms with Crippen molar-refractivity contribution in [2.24, 2.45) is 5.73 Å². The van der Waals surface area contributed by atoms with Crippen molar-refractivity contribution in [1.82, 2.24) is 0 Å². The van der Waals surface area contributed by atoms with Gasteiger partial charge in [-0.3, -0.25) is 14.9 Å². The van der Waals surface area contributed by atoms with Gasteiger partial charge in [0.25, 0.3) is 5.69 Å². The van der Waals surface area contributed by atoms with Crippen LogP contribution in [-0.4, -0.2) is 21.9 Å². The second-order valence-electron chi connectivity index (χ2n) is 4.26. The number of carbonyl (C=O) groups excluding carboxylic acids is 1. The molecular formula is C15H14N2O5. The molecule has 0 atom stereocenters. The average Bonchev–Trinajstić information content (AvgIpc) is 2.46. The highest BCUT2D eigenvalue weighted by atomic mass is 16.6. The highest BCUT2D eigenvalue weighted by molar-refractivity contribution is 6.11. The molecular weight excluding hydrogens is 288 g/mol. The average molecular weight is 302 g/mol. The van der Waals surface area contributed by atoms with E-state index in [1.54, 1.807) is 49.4 Å². The molecule has 0 saturated heterocycles. The first-order chi connectivity index (χ1) is 10.3. The van der Waals surface area contributed by atoms with Gasteiger partial charge in [-0.1, -0.05) is 42.5 Å². The smallest absolute Gasteiger partial charge is 0.402 e. The number of hydrogen-bond acceptors (Lipinski definition) is 4. The molecule has 0 aliphatic carbocycles. The first kappa shape index (κ1) is 16.8. The highest BCUT2D eigenvalue weighted by Crippen LogP contribution is 2.25. The van der Waals surface area contributed by atoms with Crippen LogP contribution in [0.2, 0.25) is 0 Å². The van der Waals surface area contributed by atoms with Crippen molar-refractivity contribution in [2.45, 2.75) is 6.92 Å². The number of hydrogen-bond donors (Lipinski definition) is 2. The number of amides is 1. The number of benzene rings is 2. The van der Waals surface area contributed by atoms with Crippen LogP contribution in [-0.2, 0) is 0 Å². The van der Waals surface area contributed by atoms with Crippen LogP contribution in [0, 0.1) is 17.0 Å². The van der Waals surface area contributed by atoms with E-state index in [-0.39, 0.29) is 17.0 Å². The normalized spacial score (nSPS) is 9.32. The summed E-state index contributed by atoms with van der Waals surface area (Å²) in [6.45, 7) is 1.62. The third-order valence-electron chi connectivity index (χ3n) is 2.70. The zero-order valence-electron chi connectivity index (χ0n) is 11.7. The Morgan fingerprint density at radius 2 is 1.64 bits per heavy atom. The van der Waals surface area contributed by atoms with E-state index in [4.69, 9.17) is 9.90 Å². The minimum absolute atomic E-state index is 0.119. The molecule has 0 unspecified atom stereocenters. The summed E-state index contributed by atoms with van der Waals surface area (Å²) < 4.78 is 0. The number of carbonyl (C=O) groups is 2. The Balaban J connectivity index is 0.000000541. The van der Waals surface area contributed by atoms with Crippen LogP contribution in [0.25, 0.3) is 0 Å². The predicted octanol–water partition coefficient (Wildman–Crippen LogP) is 2.76. The number of nitrogens with zero attached hydrogens (tertiary/aromatic N) is 1. The summed E-state index contributed by atoms with van der Waals surface area (Å²) in [5.74, 6) is -0.328. The summed E-state index contributed by atoms with van der Waals surface area (Å²) in [5.41, 5.74) is 4.98. The molecule has 22 heavy (non-hydrogen) atoms. The largest absolute Gasteiger partial charge is 0.465 e. The Morgan fingerprint density at radius 1 is 1.09 bits per heavy atom. The summed E-state index contributed by atoms with van der Waals surface area (Å²) in [5, 5.41) is 18.2. The standard InChI is InChI=1S/C14H11NO3.CH3NO2/c1-10-6-5-9-12(13(10)15(17)18)14(16)11-7-3-2-4-8-11;2-1(3)4/h2-9H,1H3;2H2,(H,3,4). The zero-order chi connectivity index (χ0) is 16.7. The Labute approximate surface area is 126 Å². The fourth-order valence-electron chi connectivity index (χ4n) is 1.83. The van der Waals surface area contributed by atoms with Crippen molar-refractivity contribution < 1.29 is 19.6 Å². The molecule has 0 aromatic heterocycles. The summed E-state index contributed by atoms with van der Waals surface area (Å²) in [4.78, 5) is 31.5. The molecule has 2 aromatic carbocycles. The number of para-hydroxylation sites is 1. The molecule has 1 amide bonds. The fraction of sp³-hybridized carbons (Fsp3) is 0.0667. The Morgan fingerprint density at radius 3 is 2.14 bits per heavy atom. The van der Waals surface area contributed by atoms with Crippen LogP contribution >= 0.6 is 0 Å². The van der Waals surface area contributed by atoms with E-state index in [0.29, 0.717) is 11.1 Å². The molecule has 2 rings (SSSR count). The topological polar surface area (TPSA) is 124 Å². The maximum Gasteiger partial charge on any atom is 0.402 e. The molecule has 3 N–H and O–H groups in total. The summed E-state index contributed by atoms with van der Waals surface area (Å²) in [7, 11) is 0. The highest BCUT2D eigenvalue weighted by Gasteiger charge is 2.22. The molecule has 0 bridgehead atoms. The molecule has 0 fully saturated rings. The molecule has 0 radical (unpaired) electrons. The summed E-state index contributed by atoms with van der Waals surface area (Å²) in [6, 6.07) is 13.3. The molecule has 0 spiro atoms. The number of nitrogens with two attached hydrogens (primary N) is 1. The molecule has 7 heteroatoms. The van der Waals surface area contributed by atoms with Crippen molar-refractivity contribution in [3.05, 3.63) is 75.3 Å². The number of nitro groups is 1. The lowest BCUT2D eigenvalue weighted by molar-refractivity contribution is -0.385. The van der Waals surface area contributed by atoms with Gasteiger partial charge in [0.1, 0.15) is 5.56 Å². The molecule has 2 aromatic rings. The third kappa shape index (κ3) is 4.41. The molecule has 0 aliphatic heterocycles. The maximum atomic E-state index is 12.2. The van der Waals surface area contributed by atoms with Crippen molar-refractivity contribution in [1.29, 1.82) is 0 Å². The monoisotopic (exact) mass is 302 g/mol. The van der Waals surface area contributed by atoms with Gasteiger partial charge in [-0.25, -0.2) is 4.79 Å². The molecule has 114 valence electrons. The van der Waals surface area contributed by atoms with E-state index in [9.17, 15) is 14.9 Å². The van der Waals surface area contributed by atoms with E-state index in [1.807, 2.05) is 0 Å². The first-order valence-electron chi connectivity index (χ1n) is 6.16. The molecule has 0 saturated carbocycles. The van der Waals surface area contributed by atoms with Crippen LogP contribution in [0.1, 0.15) is 21.5 Å². The summed E-state index contributed by atoms with van der Waals surface area (Å²) in [6.07, 6.45) is -1.33. The van der Waals surface area contributed by atoms with Gasteiger partial charge in [0.2, 0.25) is 0 Å². The number of rotatable bonds is 3. The second-order valence-corrected chi connectivity index (χ2v) is 4.26. The number of carboxylic acid groups (broad SMARTS) is 1. The van der Waals surface area contributed by atoms with Gasteiger partial charge in [-0.15, -0.1) is 0 Å². The van der Waals surface area contributed by atoms with E-state index in [0.717, 1.165) is 0 Å². The van der Waals surface area contributed by atoms with Crippen molar-refractivity contribution >= 4 is 17.6 Å². The molecule has 7 nitrogen and oxygen atoms in total. The van der Waals surface area contributed by atoms with E-state index in [2.05, 4.69) is 5.73 Å². The fourth-order valence-corrected chi connectivity index (χ4v) is 1.83. The van der Waals surface area contributed by atoms with Crippen molar-refractivity contribution in [3.63, 3.8) is 0 Å². The molecule has 0 heterocycles. The van der Waals surface area contributed by atoms with Crippen molar-refractivity contribution in [3.8, 4) is 0 Å². The molecule has 0 aliphatic rings. The van der Waals surface area contributed by atoms with Gasteiger partial charge in [0, 0.05) is 11.1 Å². The van der Waals surface area contributed by atoms with Gasteiger partial charge in [0.05, 0.1) is 4.92 Å². The predicted molar refractivity (Wildman–Crippen MR) is 79.9 cm³/mol. The Hall–Kier alpha value is -3.22. The van der Waals surface area contributed by atoms with E-state index >= 15 is 0 Å². The van der Waals surface area contributed by atoms with Crippen LogP contribution in [0.5, 0.6) is 0 Å². The number of primary amides is 1. The zero-order valence-corrected chi connectivity index (χ0v) is 11.7.